The Hall–Kier alpha value is -3.39. The minimum Gasteiger partial charge on any atom is -0.502 e. The number of carbonyl (C=O) groups is 1. The van der Waals surface area contributed by atoms with E-state index in [0.717, 1.165) is 39.2 Å². The first-order valence-electron chi connectivity index (χ1n) is 10.8. The molecule has 2 aromatic heterocycles. The van der Waals surface area contributed by atoms with Crippen LogP contribution in [0.1, 0.15) is 40.5 Å². The van der Waals surface area contributed by atoms with Gasteiger partial charge in [0.15, 0.2) is 11.4 Å². The Kier molecular flexibility index (Phi) is 5.32. The summed E-state index contributed by atoms with van der Waals surface area (Å²) in [7, 11) is 1.68. The van der Waals surface area contributed by atoms with Crippen LogP contribution in [0, 0.1) is 0 Å². The normalized spacial score (nSPS) is 16.8. The van der Waals surface area contributed by atoms with Crippen LogP contribution in [-0.4, -0.2) is 43.9 Å². The van der Waals surface area contributed by atoms with Crippen LogP contribution in [0.4, 0.5) is 0 Å². The molecule has 2 aromatic carbocycles. The van der Waals surface area contributed by atoms with E-state index in [2.05, 4.69) is 63.0 Å². The number of hydrogen-bond acceptors (Lipinski definition) is 4. The van der Waals surface area contributed by atoms with Crippen LogP contribution in [0.3, 0.4) is 0 Å². The first-order chi connectivity index (χ1) is 15.9. The molecule has 0 radical (unpaired) electrons. The van der Waals surface area contributed by atoms with Crippen LogP contribution in [0.5, 0.6) is 5.75 Å². The summed E-state index contributed by atoms with van der Waals surface area (Å²) in [5.74, 6) is -1.15. The van der Waals surface area contributed by atoms with Crippen molar-refractivity contribution in [1.29, 1.82) is 0 Å². The number of hydrogen-bond donors (Lipinski definition) is 1. The summed E-state index contributed by atoms with van der Waals surface area (Å²) in [6.45, 7) is 3.30. The molecule has 1 N–H and O–H groups in total. The zero-order valence-corrected chi connectivity index (χ0v) is 19.9. The molecule has 0 unspecified atom stereocenters. The van der Waals surface area contributed by atoms with Gasteiger partial charge in [-0.1, -0.05) is 52.3 Å². The van der Waals surface area contributed by atoms with Gasteiger partial charge < -0.3 is 14.6 Å². The number of nitrogens with zero attached hydrogens (tertiary/aromatic N) is 4. The number of amides is 1. The highest BCUT2D eigenvalue weighted by Gasteiger charge is 2.39. The van der Waals surface area contributed by atoms with Crippen molar-refractivity contribution in [3.8, 4) is 5.75 Å². The molecule has 2 atom stereocenters. The van der Waals surface area contributed by atoms with Gasteiger partial charge in [0.1, 0.15) is 0 Å². The molecule has 0 bridgehead atoms. The van der Waals surface area contributed by atoms with Crippen molar-refractivity contribution in [3.63, 3.8) is 0 Å². The summed E-state index contributed by atoms with van der Waals surface area (Å²) in [6.07, 6.45) is 3.24. The largest absolute Gasteiger partial charge is 0.502 e. The molecule has 0 spiro atoms. The average Bonchev–Trinajstić information content (AvgIpc) is 3.17. The Balaban J connectivity index is 1.80. The number of aromatic hydroxyl groups is 1. The number of benzene rings is 2. The number of carbonyl (C=O) groups excluding carboxylic acids is 1. The van der Waals surface area contributed by atoms with Gasteiger partial charge in [0.2, 0.25) is 5.43 Å². The van der Waals surface area contributed by atoms with E-state index in [-0.39, 0.29) is 17.7 Å². The lowest BCUT2D eigenvalue weighted by Crippen LogP contribution is -2.45. The second kappa shape index (κ2) is 8.19. The van der Waals surface area contributed by atoms with Crippen molar-refractivity contribution in [1.82, 2.24) is 19.2 Å². The number of halogens is 1. The molecule has 1 aliphatic rings. The highest BCUT2D eigenvalue weighted by molar-refractivity contribution is 9.10. The Bertz CT molecular complexity index is 1430. The number of aromatic nitrogens is 3. The minimum atomic E-state index is -0.660. The summed E-state index contributed by atoms with van der Waals surface area (Å²) in [6, 6.07) is 16.0. The third-order valence-corrected chi connectivity index (χ3v) is 6.90. The summed E-state index contributed by atoms with van der Waals surface area (Å²) < 4.78 is 4.74. The van der Waals surface area contributed by atoms with Crippen molar-refractivity contribution < 1.29 is 9.90 Å². The monoisotopic (exact) mass is 506 g/mol. The van der Waals surface area contributed by atoms with E-state index in [0.29, 0.717) is 6.54 Å². The smallest absolute Gasteiger partial charge is 0.275 e. The lowest BCUT2D eigenvalue weighted by Gasteiger charge is -2.37. The Morgan fingerprint density at radius 3 is 2.67 bits per heavy atom. The number of aryl methyl sites for hydroxylation is 1. The van der Waals surface area contributed by atoms with Crippen LogP contribution < -0.4 is 5.43 Å². The third kappa shape index (κ3) is 3.45. The fourth-order valence-electron chi connectivity index (χ4n) is 4.85. The van der Waals surface area contributed by atoms with Gasteiger partial charge in [-0.15, -0.1) is 0 Å². The quantitative estimate of drug-likeness (QED) is 0.450. The maximum atomic E-state index is 12.9. The van der Waals surface area contributed by atoms with E-state index in [1.807, 2.05) is 24.3 Å². The summed E-state index contributed by atoms with van der Waals surface area (Å²) in [4.78, 5) is 26.5. The molecule has 7 nitrogen and oxygen atoms in total. The van der Waals surface area contributed by atoms with E-state index in [1.54, 1.807) is 11.9 Å². The maximum Gasteiger partial charge on any atom is 0.275 e. The first-order valence-corrected chi connectivity index (χ1v) is 11.6. The van der Waals surface area contributed by atoms with Gasteiger partial charge in [-0.3, -0.25) is 14.3 Å². The van der Waals surface area contributed by atoms with Crippen LogP contribution in [-0.2, 0) is 6.54 Å². The van der Waals surface area contributed by atoms with Crippen LogP contribution in [0.2, 0.25) is 0 Å². The van der Waals surface area contributed by atoms with Gasteiger partial charge in [0, 0.05) is 47.6 Å². The summed E-state index contributed by atoms with van der Waals surface area (Å²) in [5, 5.41) is 15.9. The van der Waals surface area contributed by atoms with Crippen LogP contribution in [0.25, 0.3) is 10.9 Å². The molecule has 4 aromatic rings. The molecule has 0 fully saturated rings. The van der Waals surface area contributed by atoms with Crippen molar-refractivity contribution in [2.75, 3.05) is 13.6 Å². The molecular formula is C25H23BrN4O3. The van der Waals surface area contributed by atoms with Crippen molar-refractivity contribution in [2.45, 2.75) is 25.4 Å². The zero-order chi connectivity index (χ0) is 23.3. The van der Waals surface area contributed by atoms with E-state index >= 15 is 0 Å². The van der Waals surface area contributed by atoms with Gasteiger partial charge in [0.25, 0.3) is 5.91 Å². The molecule has 0 aliphatic carbocycles. The topological polar surface area (TPSA) is 80.4 Å². The molecule has 1 amide bonds. The van der Waals surface area contributed by atoms with Crippen molar-refractivity contribution >= 4 is 32.7 Å². The van der Waals surface area contributed by atoms with Gasteiger partial charge in [-0.2, -0.15) is 5.10 Å². The van der Waals surface area contributed by atoms with Crippen LogP contribution >= 0.6 is 15.9 Å². The van der Waals surface area contributed by atoms with E-state index in [4.69, 9.17) is 0 Å². The molecule has 33 heavy (non-hydrogen) atoms. The van der Waals surface area contributed by atoms with Gasteiger partial charge >= 0.3 is 0 Å². The third-order valence-electron chi connectivity index (χ3n) is 6.40. The fourth-order valence-corrected chi connectivity index (χ4v) is 5.20. The van der Waals surface area contributed by atoms with Crippen molar-refractivity contribution in [2.24, 2.45) is 0 Å². The highest BCUT2D eigenvalue weighted by atomic mass is 79.9. The highest BCUT2D eigenvalue weighted by Crippen LogP contribution is 2.42. The second-order valence-electron chi connectivity index (χ2n) is 8.32. The van der Waals surface area contributed by atoms with E-state index in [9.17, 15) is 14.7 Å². The molecule has 5 rings (SSSR count). The number of likely N-dealkylation sites (N-methyl/N-ethyl adjacent to an activating group) is 1. The lowest BCUT2D eigenvalue weighted by atomic mass is 9.83. The standard InChI is InChI=1S/C25H23BrN4O3/c1-3-29-13-18(17-10-9-16(26)11-19(17)29)22(15-7-5-4-6-8-15)20-14-28(2)25(33)23-24(32)21(31)12-27-30(20)23/h4-13,20,22,32H,3,14H2,1-2H3/t20-,22-/m1/s1. The van der Waals surface area contributed by atoms with E-state index in [1.165, 1.54) is 4.68 Å². The first kappa shape index (κ1) is 21.5. The number of fused-ring (bicyclic) bond motifs is 2. The summed E-state index contributed by atoms with van der Waals surface area (Å²) in [5.41, 5.74) is 2.55. The van der Waals surface area contributed by atoms with E-state index < -0.39 is 17.1 Å². The Morgan fingerprint density at radius 2 is 1.94 bits per heavy atom. The zero-order valence-electron chi connectivity index (χ0n) is 18.3. The molecule has 1 aliphatic heterocycles. The molecule has 8 heteroatoms. The average molecular weight is 507 g/mol. The van der Waals surface area contributed by atoms with Gasteiger partial charge in [-0.25, -0.2) is 0 Å². The summed E-state index contributed by atoms with van der Waals surface area (Å²) >= 11 is 3.59. The molecular weight excluding hydrogens is 484 g/mol. The molecule has 0 saturated carbocycles. The predicted octanol–water partition coefficient (Wildman–Crippen LogP) is 4.14. The van der Waals surface area contributed by atoms with Crippen LogP contribution in [0.15, 0.2) is 70.2 Å². The van der Waals surface area contributed by atoms with Gasteiger partial charge in [0.05, 0.1) is 12.2 Å². The maximum absolute atomic E-state index is 12.9. The minimum absolute atomic E-state index is 0.0656. The lowest BCUT2D eigenvalue weighted by molar-refractivity contribution is 0.0686. The number of rotatable bonds is 4. The SMILES string of the molecule is CCn1cc([C@@H](c2ccccc2)[C@H]2CN(C)C(=O)c3c(O)c(=O)cnn32)c2ccc(Br)cc21. The predicted molar refractivity (Wildman–Crippen MR) is 130 cm³/mol. The molecule has 3 heterocycles. The fraction of sp³-hybridized carbons (Fsp3) is 0.240. The Morgan fingerprint density at radius 1 is 1.18 bits per heavy atom. The molecule has 0 saturated heterocycles. The van der Waals surface area contributed by atoms with Gasteiger partial charge in [-0.05, 0) is 30.2 Å². The Labute approximate surface area is 199 Å². The second-order valence-corrected chi connectivity index (χ2v) is 9.24. The van der Waals surface area contributed by atoms with Crippen molar-refractivity contribution in [3.05, 3.63) is 92.4 Å². The molecule has 168 valence electrons.